The van der Waals surface area contributed by atoms with Crippen molar-refractivity contribution in [2.24, 2.45) is 0 Å². The second-order valence-electron chi connectivity index (χ2n) is 4.81. The molecule has 3 rings (SSSR count). The summed E-state index contributed by atoms with van der Waals surface area (Å²) in [6.07, 6.45) is 3.31. The number of aromatic amines is 1. The van der Waals surface area contributed by atoms with E-state index in [9.17, 15) is 4.79 Å². The molecule has 1 heterocycles. The number of rotatable bonds is 4. The highest BCUT2D eigenvalue weighted by atomic mass is 16.5. The Morgan fingerprint density at radius 1 is 1.18 bits per heavy atom. The van der Waals surface area contributed by atoms with E-state index in [1.807, 2.05) is 48.5 Å². The molecule has 0 amide bonds. The molecule has 0 unspecified atom stereocenters. The summed E-state index contributed by atoms with van der Waals surface area (Å²) in [6, 6.07) is 15.7. The fourth-order valence-corrected chi connectivity index (χ4v) is 2.44. The predicted octanol–water partition coefficient (Wildman–Crippen LogP) is 3.56. The lowest BCUT2D eigenvalue weighted by molar-refractivity contribution is -0.137. The second-order valence-corrected chi connectivity index (χ2v) is 4.81. The quantitative estimate of drug-likeness (QED) is 0.591. The third kappa shape index (κ3) is 2.76. The Morgan fingerprint density at radius 3 is 2.77 bits per heavy atom. The van der Waals surface area contributed by atoms with E-state index in [1.54, 1.807) is 19.2 Å². The summed E-state index contributed by atoms with van der Waals surface area (Å²) >= 11 is 0. The molecule has 22 heavy (non-hydrogen) atoms. The number of fused-ring (bicyclic) bond motifs is 1. The van der Waals surface area contributed by atoms with Crippen LogP contribution in [-0.4, -0.2) is 22.8 Å². The molecule has 0 saturated carbocycles. The van der Waals surface area contributed by atoms with Crippen LogP contribution < -0.4 is 0 Å². The van der Waals surface area contributed by atoms with Crippen molar-refractivity contribution in [3.8, 4) is 0 Å². The number of nitrogens with one attached hydrogen (secondary N) is 1. The maximum Gasteiger partial charge on any atom is 0.331 e. The van der Waals surface area contributed by atoms with Gasteiger partial charge >= 0.3 is 5.97 Å². The van der Waals surface area contributed by atoms with Gasteiger partial charge in [-0.25, -0.2) is 4.79 Å². The van der Waals surface area contributed by atoms with Gasteiger partial charge in [0.05, 0.1) is 18.3 Å². The Kier molecular flexibility index (Phi) is 4.01. The maximum absolute atomic E-state index is 12.0. The van der Waals surface area contributed by atoms with Crippen LogP contribution in [-0.2, 0) is 9.53 Å². The third-order valence-electron chi connectivity index (χ3n) is 3.41. The van der Waals surface area contributed by atoms with E-state index < -0.39 is 0 Å². The Labute approximate surface area is 128 Å². The Hall–Kier alpha value is -2.88. The highest BCUT2D eigenvalue weighted by molar-refractivity contribution is 6.02. The van der Waals surface area contributed by atoms with Crippen LogP contribution in [0.15, 0.2) is 60.8 Å². The predicted molar refractivity (Wildman–Crippen MR) is 86.2 cm³/mol. The fourth-order valence-electron chi connectivity index (χ4n) is 2.44. The van der Waals surface area contributed by atoms with Gasteiger partial charge in [0.1, 0.15) is 0 Å². The summed E-state index contributed by atoms with van der Waals surface area (Å²) in [5.41, 5.74) is 3.67. The number of hydrogen-bond acceptors (Lipinski definition) is 3. The number of carbonyl (C=O) groups excluding carboxylic acids is 1. The average Bonchev–Trinajstić information content (AvgIpc) is 3.02. The van der Waals surface area contributed by atoms with Crippen molar-refractivity contribution in [1.29, 1.82) is 0 Å². The zero-order valence-corrected chi connectivity index (χ0v) is 12.2. The van der Waals surface area contributed by atoms with Crippen molar-refractivity contribution in [3.05, 3.63) is 71.9 Å². The molecule has 0 spiro atoms. The van der Waals surface area contributed by atoms with E-state index in [0.717, 1.165) is 27.6 Å². The average molecular weight is 292 g/mol. The van der Waals surface area contributed by atoms with Crippen molar-refractivity contribution in [3.63, 3.8) is 0 Å². The molecular formula is C18H16N2O2. The van der Waals surface area contributed by atoms with E-state index in [2.05, 4.69) is 10.2 Å². The van der Waals surface area contributed by atoms with Crippen LogP contribution in [0.25, 0.3) is 16.5 Å². The van der Waals surface area contributed by atoms with Crippen LogP contribution in [0.3, 0.4) is 0 Å². The van der Waals surface area contributed by atoms with Crippen LogP contribution in [0, 0.1) is 0 Å². The topological polar surface area (TPSA) is 55.0 Å². The van der Waals surface area contributed by atoms with Crippen molar-refractivity contribution in [2.45, 2.75) is 6.92 Å². The van der Waals surface area contributed by atoms with Gasteiger partial charge in [-0.15, -0.1) is 0 Å². The summed E-state index contributed by atoms with van der Waals surface area (Å²) in [7, 11) is 0. The second kappa shape index (κ2) is 6.26. The monoisotopic (exact) mass is 292 g/mol. The number of nitrogens with zero attached hydrogens (tertiary/aromatic N) is 1. The van der Waals surface area contributed by atoms with Crippen LogP contribution in [0.4, 0.5) is 0 Å². The van der Waals surface area contributed by atoms with Crippen LogP contribution in [0.2, 0.25) is 0 Å². The molecular weight excluding hydrogens is 276 g/mol. The smallest absolute Gasteiger partial charge is 0.331 e. The van der Waals surface area contributed by atoms with E-state index in [4.69, 9.17) is 4.74 Å². The molecule has 4 nitrogen and oxygen atoms in total. The number of esters is 1. The van der Waals surface area contributed by atoms with Gasteiger partial charge in [0.2, 0.25) is 0 Å². The molecule has 1 N–H and O–H groups in total. The van der Waals surface area contributed by atoms with Gasteiger partial charge in [0, 0.05) is 11.5 Å². The molecule has 1 aromatic heterocycles. The maximum atomic E-state index is 12.0. The summed E-state index contributed by atoms with van der Waals surface area (Å²) in [6.45, 7) is 2.15. The summed E-state index contributed by atoms with van der Waals surface area (Å²) in [5, 5.41) is 8.01. The van der Waals surface area contributed by atoms with Crippen molar-refractivity contribution < 1.29 is 9.53 Å². The standard InChI is InChI=1S/C18H16N2O2/c1-2-22-18(21)11-15(13-7-4-3-5-8-13)14-9-6-10-17-16(14)12-19-20-17/h3-12H,2H2,1H3,(H,19,20)/b15-11+. The Balaban J connectivity index is 2.17. The minimum absolute atomic E-state index is 0.346. The first-order valence-electron chi connectivity index (χ1n) is 7.16. The SMILES string of the molecule is CCOC(=O)/C=C(\c1ccccc1)c1cccc2[nH]ncc12. The number of benzene rings is 2. The zero-order chi connectivity index (χ0) is 15.4. The largest absolute Gasteiger partial charge is 0.463 e. The number of H-pyrrole nitrogens is 1. The highest BCUT2D eigenvalue weighted by Crippen LogP contribution is 2.29. The number of hydrogen-bond donors (Lipinski definition) is 1. The van der Waals surface area contributed by atoms with E-state index in [0.29, 0.717) is 6.61 Å². The first-order chi connectivity index (χ1) is 10.8. The molecule has 0 atom stereocenters. The fraction of sp³-hybridized carbons (Fsp3) is 0.111. The molecule has 0 saturated heterocycles. The first kappa shape index (κ1) is 14.1. The highest BCUT2D eigenvalue weighted by Gasteiger charge is 2.12. The molecule has 0 aliphatic heterocycles. The first-order valence-corrected chi connectivity index (χ1v) is 7.16. The molecule has 3 aromatic rings. The molecule has 110 valence electrons. The van der Waals surface area contributed by atoms with Gasteiger partial charge in [0.25, 0.3) is 0 Å². The minimum Gasteiger partial charge on any atom is -0.463 e. The summed E-state index contributed by atoms with van der Waals surface area (Å²) in [5.74, 6) is -0.346. The lowest BCUT2D eigenvalue weighted by atomic mass is 9.95. The Bertz CT molecular complexity index is 819. The van der Waals surface area contributed by atoms with E-state index in [-0.39, 0.29) is 5.97 Å². The van der Waals surface area contributed by atoms with Crippen LogP contribution in [0.1, 0.15) is 18.1 Å². The van der Waals surface area contributed by atoms with Crippen molar-refractivity contribution >= 4 is 22.4 Å². The number of carbonyl (C=O) groups is 1. The molecule has 0 aliphatic carbocycles. The molecule has 0 aliphatic rings. The van der Waals surface area contributed by atoms with Crippen LogP contribution in [0.5, 0.6) is 0 Å². The van der Waals surface area contributed by atoms with Crippen molar-refractivity contribution in [1.82, 2.24) is 10.2 Å². The van der Waals surface area contributed by atoms with E-state index in [1.165, 1.54) is 0 Å². The van der Waals surface area contributed by atoms with Crippen molar-refractivity contribution in [2.75, 3.05) is 6.61 Å². The zero-order valence-electron chi connectivity index (χ0n) is 12.2. The van der Waals surface area contributed by atoms with E-state index >= 15 is 0 Å². The molecule has 0 fully saturated rings. The Morgan fingerprint density at radius 2 is 2.00 bits per heavy atom. The summed E-state index contributed by atoms with van der Waals surface area (Å²) in [4.78, 5) is 12.0. The molecule has 0 radical (unpaired) electrons. The van der Waals surface area contributed by atoms with Gasteiger partial charge in [-0.3, -0.25) is 5.10 Å². The van der Waals surface area contributed by atoms with Crippen LogP contribution >= 0.6 is 0 Å². The van der Waals surface area contributed by atoms with Gasteiger partial charge in [-0.2, -0.15) is 5.10 Å². The normalized spacial score (nSPS) is 11.6. The van der Waals surface area contributed by atoms with Gasteiger partial charge in [0.15, 0.2) is 0 Å². The van der Waals surface area contributed by atoms with Gasteiger partial charge in [-0.1, -0.05) is 42.5 Å². The molecule has 4 heteroatoms. The third-order valence-corrected chi connectivity index (χ3v) is 3.41. The lowest BCUT2D eigenvalue weighted by Crippen LogP contribution is -2.02. The van der Waals surface area contributed by atoms with Gasteiger partial charge in [-0.05, 0) is 29.7 Å². The number of ether oxygens (including phenoxy) is 1. The lowest BCUT2D eigenvalue weighted by Gasteiger charge is -2.09. The van der Waals surface area contributed by atoms with Gasteiger partial charge < -0.3 is 4.74 Å². The molecule has 0 bridgehead atoms. The number of aromatic nitrogens is 2. The molecule has 2 aromatic carbocycles. The minimum atomic E-state index is -0.346. The summed E-state index contributed by atoms with van der Waals surface area (Å²) < 4.78 is 5.07.